The molecule has 2 aromatic rings. The van der Waals surface area contributed by atoms with Crippen LogP contribution in [0.2, 0.25) is 0 Å². The van der Waals surface area contributed by atoms with E-state index in [-0.39, 0.29) is 11.6 Å². The summed E-state index contributed by atoms with van der Waals surface area (Å²) < 4.78 is 85.6. The van der Waals surface area contributed by atoms with Crippen molar-refractivity contribution in [2.24, 2.45) is 0 Å². The summed E-state index contributed by atoms with van der Waals surface area (Å²) in [6.45, 7) is 0. The molecule has 0 saturated carbocycles. The van der Waals surface area contributed by atoms with Gasteiger partial charge in [-0.2, -0.15) is 26.3 Å². The van der Waals surface area contributed by atoms with Crippen molar-refractivity contribution in [1.82, 2.24) is 14.9 Å². The summed E-state index contributed by atoms with van der Waals surface area (Å²) >= 11 is 3.36. The highest BCUT2D eigenvalue weighted by atomic mass is 79.9. The lowest BCUT2D eigenvalue weighted by Crippen LogP contribution is -2.31. The van der Waals surface area contributed by atoms with Crippen LogP contribution in [-0.4, -0.2) is 41.1 Å². The predicted molar refractivity (Wildman–Crippen MR) is 107 cm³/mol. The molecule has 0 aliphatic carbocycles. The Kier molecular flexibility index (Phi) is 5.74. The van der Waals surface area contributed by atoms with Crippen LogP contribution in [0.1, 0.15) is 47.4 Å². The van der Waals surface area contributed by atoms with E-state index in [2.05, 4.69) is 25.9 Å². The van der Waals surface area contributed by atoms with Gasteiger partial charge >= 0.3 is 18.4 Å². The highest BCUT2D eigenvalue weighted by molar-refractivity contribution is 9.10. The van der Waals surface area contributed by atoms with Gasteiger partial charge in [-0.05, 0) is 52.5 Å². The minimum Gasteiger partial charge on any atom is -0.439 e. The number of rotatable bonds is 3. The van der Waals surface area contributed by atoms with E-state index in [0.717, 1.165) is 0 Å². The summed E-state index contributed by atoms with van der Waals surface area (Å²) in [6, 6.07) is -0.0482. The maximum absolute atomic E-state index is 13.3. The van der Waals surface area contributed by atoms with Crippen molar-refractivity contribution >= 4 is 28.0 Å². The third kappa shape index (κ3) is 4.34. The van der Waals surface area contributed by atoms with Gasteiger partial charge in [0, 0.05) is 20.3 Å². The first-order valence-electron chi connectivity index (χ1n) is 9.75. The van der Waals surface area contributed by atoms with Crippen LogP contribution in [-0.2, 0) is 17.1 Å². The molecule has 2 aliphatic heterocycles. The van der Waals surface area contributed by atoms with Crippen LogP contribution in [0.5, 0.6) is 0 Å². The van der Waals surface area contributed by atoms with Gasteiger partial charge in [-0.1, -0.05) is 0 Å². The third-order valence-electron chi connectivity index (χ3n) is 5.63. The Hall–Kier alpha value is -2.57. The molecule has 6 nitrogen and oxygen atoms in total. The number of hydrogen-bond acceptors (Lipinski definition) is 5. The minimum absolute atomic E-state index is 0.0519. The molecule has 1 aromatic heterocycles. The van der Waals surface area contributed by atoms with Crippen LogP contribution in [0, 0.1) is 0 Å². The normalized spacial score (nSPS) is 23.0. The second kappa shape index (κ2) is 8.03. The van der Waals surface area contributed by atoms with E-state index in [1.807, 2.05) is 0 Å². The molecule has 178 valence electrons. The van der Waals surface area contributed by atoms with Crippen molar-refractivity contribution in [1.29, 1.82) is 0 Å². The molecule has 3 atom stereocenters. The Morgan fingerprint density at radius 1 is 1.06 bits per heavy atom. The number of amides is 1. The average molecular weight is 539 g/mol. The Morgan fingerprint density at radius 3 is 2.21 bits per heavy atom. The van der Waals surface area contributed by atoms with Crippen molar-refractivity contribution < 1.29 is 35.9 Å². The first-order valence-corrected chi connectivity index (χ1v) is 10.5. The number of benzene rings is 1. The molecule has 33 heavy (non-hydrogen) atoms. The van der Waals surface area contributed by atoms with Crippen molar-refractivity contribution in [3.05, 3.63) is 51.3 Å². The van der Waals surface area contributed by atoms with Crippen LogP contribution in [0.4, 0.5) is 37.1 Å². The van der Waals surface area contributed by atoms with E-state index in [1.165, 1.54) is 11.1 Å². The van der Waals surface area contributed by atoms with Gasteiger partial charge in [0.1, 0.15) is 6.10 Å². The topological polar surface area (TPSA) is 58.6 Å². The standard InChI is InChI=1S/C20H17BrF6N4O2/c1-30(2)17-28-8-12(21)15(29-17)13-3-4-14-16(33-18(32)31(13)14)9-5-10(19(22,23)24)7-11(6-9)20(25,26)27/h5-8,13-14,16H,3-4H2,1-2H3. The number of nitrogens with zero attached hydrogens (tertiary/aromatic N) is 4. The number of halogens is 7. The van der Waals surface area contributed by atoms with E-state index in [4.69, 9.17) is 4.74 Å². The number of ether oxygens (including phenoxy) is 1. The zero-order chi connectivity index (χ0) is 24.3. The monoisotopic (exact) mass is 538 g/mol. The highest BCUT2D eigenvalue weighted by Gasteiger charge is 2.52. The molecule has 3 unspecified atom stereocenters. The van der Waals surface area contributed by atoms with Crippen LogP contribution in [0.15, 0.2) is 28.9 Å². The van der Waals surface area contributed by atoms with E-state index >= 15 is 0 Å². The van der Waals surface area contributed by atoms with Crippen molar-refractivity contribution in [2.45, 2.75) is 43.4 Å². The molecule has 2 saturated heterocycles. The van der Waals surface area contributed by atoms with Crippen LogP contribution in [0.3, 0.4) is 0 Å². The zero-order valence-corrected chi connectivity index (χ0v) is 18.8. The summed E-state index contributed by atoms with van der Waals surface area (Å²) in [6.07, 6.45) is -9.85. The second-order valence-electron chi connectivity index (χ2n) is 8.01. The molecular formula is C20H17BrF6N4O2. The quantitative estimate of drug-likeness (QED) is 0.466. The molecule has 3 heterocycles. The van der Waals surface area contributed by atoms with Gasteiger partial charge in [0.15, 0.2) is 0 Å². The number of hydrogen-bond donors (Lipinski definition) is 0. The molecule has 0 N–H and O–H groups in total. The molecular weight excluding hydrogens is 522 g/mol. The number of anilines is 1. The summed E-state index contributed by atoms with van der Waals surface area (Å²) in [7, 11) is 3.47. The molecule has 1 aromatic carbocycles. The number of aromatic nitrogens is 2. The number of fused-ring (bicyclic) bond motifs is 1. The molecule has 2 aliphatic rings. The molecule has 13 heteroatoms. The number of alkyl halides is 6. The van der Waals surface area contributed by atoms with Gasteiger partial charge in [0.05, 0.1) is 33.4 Å². The molecule has 2 fully saturated rings. The lowest BCUT2D eigenvalue weighted by Gasteiger charge is -2.24. The van der Waals surface area contributed by atoms with Gasteiger partial charge in [-0.3, -0.25) is 4.90 Å². The van der Waals surface area contributed by atoms with Crippen molar-refractivity contribution in [2.75, 3.05) is 19.0 Å². The van der Waals surface area contributed by atoms with E-state index in [9.17, 15) is 31.1 Å². The maximum Gasteiger partial charge on any atom is 0.416 e. The number of carbonyl (C=O) groups is 1. The first kappa shape index (κ1) is 23.6. The highest BCUT2D eigenvalue weighted by Crippen LogP contribution is 2.49. The van der Waals surface area contributed by atoms with Gasteiger partial charge < -0.3 is 9.64 Å². The fourth-order valence-electron chi connectivity index (χ4n) is 4.17. The zero-order valence-electron chi connectivity index (χ0n) is 17.2. The molecule has 1 amide bonds. The predicted octanol–water partition coefficient (Wildman–Crippen LogP) is 5.74. The Labute approximate surface area is 192 Å². The smallest absolute Gasteiger partial charge is 0.416 e. The fraction of sp³-hybridized carbons (Fsp3) is 0.450. The average Bonchev–Trinajstić information content (AvgIpc) is 3.28. The largest absolute Gasteiger partial charge is 0.439 e. The first-order chi connectivity index (χ1) is 15.3. The van der Waals surface area contributed by atoms with Gasteiger partial charge in [-0.25, -0.2) is 14.8 Å². The van der Waals surface area contributed by atoms with Gasteiger partial charge in [-0.15, -0.1) is 0 Å². The lowest BCUT2D eigenvalue weighted by atomic mass is 9.96. The number of carbonyl (C=O) groups excluding carboxylic acids is 1. The van der Waals surface area contributed by atoms with E-state index in [0.29, 0.717) is 41.1 Å². The molecule has 4 rings (SSSR count). The minimum atomic E-state index is -5.00. The maximum atomic E-state index is 13.3. The summed E-state index contributed by atoms with van der Waals surface area (Å²) in [5.74, 6) is 0.383. The van der Waals surface area contributed by atoms with Crippen molar-refractivity contribution in [3.63, 3.8) is 0 Å². The number of cyclic esters (lactones) is 1. The van der Waals surface area contributed by atoms with Gasteiger partial charge in [0.25, 0.3) is 0 Å². The van der Waals surface area contributed by atoms with Crippen molar-refractivity contribution in [3.8, 4) is 0 Å². The molecule has 0 bridgehead atoms. The molecule has 0 spiro atoms. The van der Waals surface area contributed by atoms with Crippen LogP contribution >= 0.6 is 15.9 Å². The van der Waals surface area contributed by atoms with E-state index in [1.54, 1.807) is 19.0 Å². The second-order valence-corrected chi connectivity index (χ2v) is 8.86. The Balaban J connectivity index is 1.72. The summed E-state index contributed by atoms with van der Waals surface area (Å²) in [5, 5.41) is 0. The molecule has 0 radical (unpaired) electrons. The summed E-state index contributed by atoms with van der Waals surface area (Å²) in [4.78, 5) is 24.3. The Bertz CT molecular complexity index is 1060. The van der Waals surface area contributed by atoms with E-state index < -0.39 is 47.8 Å². The summed E-state index contributed by atoms with van der Waals surface area (Å²) in [5.41, 5.74) is -2.78. The Morgan fingerprint density at radius 2 is 1.67 bits per heavy atom. The fourth-order valence-corrected chi connectivity index (χ4v) is 4.62. The van der Waals surface area contributed by atoms with Gasteiger partial charge in [0.2, 0.25) is 5.95 Å². The van der Waals surface area contributed by atoms with Crippen LogP contribution < -0.4 is 4.90 Å². The SMILES string of the molecule is CN(C)c1ncc(Br)c(C2CCC3C(c4cc(C(F)(F)F)cc(C(F)(F)F)c4)OC(=O)N23)n1. The van der Waals surface area contributed by atoms with Crippen LogP contribution in [0.25, 0.3) is 0 Å². The third-order valence-corrected chi connectivity index (χ3v) is 6.24. The lowest BCUT2D eigenvalue weighted by molar-refractivity contribution is -0.143.